The summed E-state index contributed by atoms with van der Waals surface area (Å²) in [6.45, 7) is 3.73. The first kappa shape index (κ1) is 12.3. The summed E-state index contributed by atoms with van der Waals surface area (Å²) in [7, 11) is 2.16. The number of hydrogen-bond donors (Lipinski definition) is 2. The van der Waals surface area contributed by atoms with Crippen LogP contribution in [0.15, 0.2) is 0 Å². The standard InChI is InChI=1S/C13H26N2O/c1-15(9-12-5-3-2-4-6-12)11-13(16)7-8-14-10-13/h12,14,16H,2-11H2,1H3. The number of rotatable bonds is 4. The fourth-order valence-electron chi connectivity index (χ4n) is 3.24. The Kier molecular flexibility index (Phi) is 4.22. The van der Waals surface area contributed by atoms with Crippen LogP contribution in [0.2, 0.25) is 0 Å². The summed E-state index contributed by atoms with van der Waals surface area (Å²) >= 11 is 0. The minimum Gasteiger partial charge on any atom is -0.387 e. The number of β-amino-alcohol motifs (C(OH)–C–C–N with tert-alkyl or cyclic N) is 1. The van der Waals surface area contributed by atoms with Crippen LogP contribution in [0.5, 0.6) is 0 Å². The van der Waals surface area contributed by atoms with Gasteiger partial charge >= 0.3 is 0 Å². The summed E-state index contributed by atoms with van der Waals surface area (Å²) in [6.07, 6.45) is 7.92. The lowest BCUT2D eigenvalue weighted by molar-refractivity contribution is 0.0230. The largest absolute Gasteiger partial charge is 0.387 e. The van der Waals surface area contributed by atoms with E-state index in [9.17, 15) is 5.11 Å². The highest BCUT2D eigenvalue weighted by molar-refractivity contribution is 4.90. The predicted octanol–water partition coefficient (Wildman–Crippen LogP) is 1.22. The Morgan fingerprint density at radius 3 is 2.69 bits per heavy atom. The summed E-state index contributed by atoms with van der Waals surface area (Å²) < 4.78 is 0. The smallest absolute Gasteiger partial charge is 0.0909 e. The number of aliphatic hydroxyl groups is 1. The molecule has 3 nitrogen and oxygen atoms in total. The fraction of sp³-hybridized carbons (Fsp3) is 1.00. The maximum absolute atomic E-state index is 10.3. The van der Waals surface area contributed by atoms with Crippen molar-refractivity contribution < 1.29 is 5.11 Å². The zero-order valence-corrected chi connectivity index (χ0v) is 10.5. The van der Waals surface area contributed by atoms with E-state index in [1.54, 1.807) is 0 Å². The Balaban J connectivity index is 1.72. The normalized spacial score (nSPS) is 32.4. The van der Waals surface area contributed by atoms with Gasteiger partial charge in [-0.15, -0.1) is 0 Å². The molecule has 1 aliphatic carbocycles. The van der Waals surface area contributed by atoms with Crippen LogP contribution in [-0.2, 0) is 0 Å². The van der Waals surface area contributed by atoms with Crippen molar-refractivity contribution in [2.45, 2.75) is 44.1 Å². The van der Waals surface area contributed by atoms with Crippen molar-refractivity contribution in [3.63, 3.8) is 0 Å². The molecule has 2 fully saturated rings. The van der Waals surface area contributed by atoms with Crippen molar-refractivity contribution in [1.82, 2.24) is 10.2 Å². The molecule has 0 aromatic heterocycles. The van der Waals surface area contributed by atoms with Crippen LogP contribution in [0, 0.1) is 5.92 Å². The van der Waals surface area contributed by atoms with E-state index >= 15 is 0 Å². The molecule has 0 amide bonds. The van der Waals surface area contributed by atoms with Gasteiger partial charge in [0.2, 0.25) is 0 Å². The summed E-state index contributed by atoms with van der Waals surface area (Å²) in [6, 6.07) is 0. The van der Waals surface area contributed by atoms with Crippen LogP contribution in [0.4, 0.5) is 0 Å². The van der Waals surface area contributed by atoms with Gasteiger partial charge in [-0.2, -0.15) is 0 Å². The number of nitrogens with zero attached hydrogens (tertiary/aromatic N) is 1. The highest BCUT2D eigenvalue weighted by atomic mass is 16.3. The van der Waals surface area contributed by atoms with Crippen LogP contribution in [0.3, 0.4) is 0 Å². The maximum Gasteiger partial charge on any atom is 0.0909 e. The van der Waals surface area contributed by atoms with Gasteiger partial charge < -0.3 is 15.3 Å². The third-order valence-corrected chi connectivity index (χ3v) is 4.08. The van der Waals surface area contributed by atoms with Crippen molar-refractivity contribution in [3.05, 3.63) is 0 Å². The molecule has 1 saturated heterocycles. The van der Waals surface area contributed by atoms with Gasteiger partial charge in [0.25, 0.3) is 0 Å². The summed E-state index contributed by atoms with van der Waals surface area (Å²) in [5.74, 6) is 0.872. The molecule has 0 aromatic rings. The van der Waals surface area contributed by atoms with Gasteiger partial charge in [-0.25, -0.2) is 0 Å². The van der Waals surface area contributed by atoms with E-state index in [2.05, 4.69) is 17.3 Å². The predicted molar refractivity (Wildman–Crippen MR) is 66.5 cm³/mol. The quantitative estimate of drug-likeness (QED) is 0.756. The molecule has 1 heterocycles. The first-order valence-electron chi connectivity index (χ1n) is 6.80. The van der Waals surface area contributed by atoms with E-state index in [-0.39, 0.29) is 0 Å². The summed E-state index contributed by atoms with van der Waals surface area (Å²) in [4.78, 5) is 2.34. The van der Waals surface area contributed by atoms with Crippen molar-refractivity contribution >= 4 is 0 Å². The first-order valence-corrected chi connectivity index (χ1v) is 6.80. The lowest BCUT2D eigenvalue weighted by Crippen LogP contribution is -2.44. The Morgan fingerprint density at radius 2 is 2.06 bits per heavy atom. The second-order valence-corrected chi connectivity index (χ2v) is 5.85. The zero-order chi connectivity index (χ0) is 11.4. The molecule has 94 valence electrons. The molecule has 0 bridgehead atoms. The molecule has 0 aromatic carbocycles. The Bertz CT molecular complexity index is 208. The van der Waals surface area contributed by atoms with Gasteiger partial charge in [-0.3, -0.25) is 0 Å². The van der Waals surface area contributed by atoms with Gasteiger partial charge in [-0.1, -0.05) is 19.3 Å². The highest BCUT2D eigenvalue weighted by Crippen LogP contribution is 2.25. The Morgan fingerprint density at radius 1 is 1.31 bits per heavy atom. The molecule has 16 heavy (non-hydrogen) atoms. The van der Waals surface area contributed by atoms with Crippen LogP contribution in [-0.4, -0.2) is 48.8 Å². The molecule has 3 heteroatoms. The van der Waals surface area contributed by atoms with Gasteiger partial charge in [0.15, 0.2) is 0 Å². The van der Waals surface area contributed by atoms with Gasteiger partial charge in [0, 0.05) is 19.6 Å². The molecular formula is C13H26N2O. The van der Waals surface area contributed by atoms with E-state index in [4.69, 9.17) is 0 Å². The van der Waals surface area contributed by atoms with Gasteiger partial charge in [0.1, 0.15) is 0 Å². The molecule has 1 saturated carbocycles. The van der Waals surface area contributed by atoms with Gasteiger partial charge in [-0.05, 0) is 38.8 Å². The second-order valence-electron chi connectivity index (χ2n) is 5.85. The Labute approximate surface area is 99.2 Å². The van der Waals surface area contributed by atoms with Crippen molar-refractivity contribution in [2.75, 3.05) is 33.2 Å². The van der Waals surface area contributed by atoms with Crippen molar-refractivity contribution in [2.24, 2.45) is 5.92 Å². The zero-order valence-electron chi connectivity index (χ0n) is 10.5. The third-order valence-electron chi connectivity index (χ3n) is 4.08. The minimum atomic E-state index is -0.469. The van der Waals surface area contributed by atoms with E-state index in [0.29, 0.717) is 0 Å². The number of likely N-dealkylation sites (N-methyl/N-ethyl adjacent to an activating group) is 1. The number of hydrogen-bond acceptors (Lipinski definition) is 3. The molecule has 1 unspecified atom stereocenters. The lowest BCUT2D eigenvalue weighted by Gasteiger charge is -2.32. The molecule has 2 rings (SSSR count). The SMILES string of the molecule is CN(CC1CCCCC1)CC1(O)CCNC1. The average Bonchev–Trinajstić information content (AvgIpc) is 2.66. The first-order chi connectivity index (χ1) is 7.68. The number of nitrogens with one attached hydrogen (secondary N) is 1. The molecule has 0 radical (unpaired) electrons. The lowest BCUT2D eigenvalue weighted by atomic mass is 9.88. The van der Waals surface area contributed by atoms with Crippen molar-refractivity contribution in [1.29, 1.82) is 0 Å². The molecule has 1 aliphatic heterocycles. The van der Waals surface area contributed by atoms with Crippen LogP contribution in [0.25, 0.3) is 0 Å². The molecule has 1 atom stereocenters. The van der Waals surface area contributed by atoms with E-state index in [0.717, 1.165) is 32.0 Å². The summed E-state index contributed by atoms with van der Waals surface area (Å²) in [5, 5.41) is 13.5. The minimum absolute atomic E-state index is 0.469. The van der Waals surface area contributed by atoms with Crippen LogP contribution < -0.4 is 5.32 Å². The van der Waals surface area contributed by atoms with Gasteiger partial charge in [0.05, 0.1) is 5.60 Å². The molecular weight excluding hydrogens is 200 g/mol. The third kappa shape index (κ3) is 3.44. The second kappa shape index (κ2) is 5.48. The maximum atomic E-state index is 10.3. The van der Waals surface area contributed by atoms with Crippen molar-refractivity contribution in [3.8, 4) is 0 Å². The van der Waals surface area contributed by atoms with E-state index in [1.807, 2.05) is 0 Å². The van der Waals surface area contributed by atoms with E-state index < -0.39 is 5.60 Å². The topological polar surface area (TPSA) is 35.5 Å². The van der Waals surface area contributed by atoms with E-state index in [1.165, 1.54) is 38.6 Å². The average molecular weight is 226 g/mol. The summed E-state index contributed by atoms with van der Waals surface area (Å²) in [5.41, 5.74) is -0.469. The Hall–Kier alpha value is -0.120. The molecule has 0 spiro atoms. The molecule has 2 N–H and O–H groups in total. The highest BCUT2D eigenvalue weighted by Gasteiger charge is 2.32. The van der Waals surface area contributed by atoms with Crippen LogP contribution >= 0.6 is 0 Å². The van der Waals surface area contributed by atoms with Crippen LogP contribution in [0.1, 0.15) is 38.5 Å². The molecule has 2 aliphatic rings. The fourth-order valence-corrected chi connectivity index (χ4v) is 3.24. The monoisotopic (exact) mass is 226 g/mol.